The monoisotopic (exact) mass is 325 g/mol. The first kappa shape index (κ1) is 15.0. The van der Waals surface area contributed by atoms with Crippen LogP contribution in [0.3, 0.4) is 0 Å². The van der Waals surface area contributed by atoms with E-state index in [4.69, 9.17) is 4.74 Å². The second-order valence-corrected chi connectivity index (χ2v) is 8.16. The molecular formula is C15H19NO3S2. The smallest absolute Gasteiger partial charge is 0.211 e. The topological polar surface area (TPSA) is 55.4 Å². The fraction of sp³-hybridized carbons (Fsp3) is 0.467. The normalized spacial score (nSPS) is 19.3. The largest absolute Gasteiger partial charge is 0.378 e. The van der Waals surface area contributed by atoms with Crippen molar-refractivity contribution in [2.24, 2.45) is 0 Å². The maximum Gasteiger partial charge on any atom is 0.211 e. The maximum absolute atomic E-state index is 12.1. The molecule has 0 spiro atoms. The Morgan fingerprint density at radius 1 is 1.33 bits per heavy atom. The van der Waals surface area contributed by atoms with E-state index in [1.54, 1.807) is 11.3 Å². The molecule has 0 amide bonds. The molecule has 1 N–H and O–H groups in total. The lowest BCUT2D eigenvalue weighted by Crippen LogP contribution is -2.27. The van der Waals surface area contributed by atoms with Crippen molar-refractivity contribution in [3.8, 4) is 0 Å². The summed E-state index contributed by atoms with van der Waals surface area (Å²) >= 11 is 1.64. The second-order valence-electron chi connectivity index (χ2n) is 5.32. The van der Waals surface area contributed by atoms with Crippen LogP contribution in [0.5, 0.6) is 0 Å². The zero-order valence-corrected chi connectivity index (χ0v) is 13.4. The van der Waals surface area contributed by atoms with Gasteiger partial charge in [-0.3, -0.25) is 0 Å². The average Bonchev–Trinajstić information content (AvgIpc) is 3.13. The molecule has 1 fully saturated rings. The van der Waals surface area contributed by atoms with Gasteiger partial charge in [0.1, 0.15) is 0 Å². The standard InChI is InChI=1S/C15H19NO3S2/c17-21(18,9-7-13-4-3-8-19-13)16-10-12-11-20-15-6-2-1-5-14(12)15/h1-2,5-6,11,13,16H,3-4,7-10H2/t13-/m1/s1. The summed E-state index contributed by atoms with van der Waals surface area (Å²) in [5.41, 5.74) is 1.04. The van der Waals surface area contributed by atoms with Crippen molar-refractivity contribution in [2.45, 2.75) is 31.9 Å². The van der Waals surface area contributed by atoms with Crippen LogP contribution >= 0.6 is 11.3 Å². The Balaban J connectivity index is 1.58. The highest BCUT2D eigenvalue weighted by Gasteiger charge is 2.19. The predicted octanol–water partition coefficient (Wildman–Crippen LogP) is 2.89. The van der Waals surface area contributed by atoms with Gasteiger partial charge in [-0.1, -0.05) is 18.2 Å². The number of fused-ring (bicyclic) bond motifs is 1. The second kappa shape index (κ2) is 6.44. The molecule has 1 aromatic heterocycles. The molecule has 0 bridgehead atoms. The van der Waals surface area contributed by atoms with Gasteiger partial charge in [0, 0.05) is 17.9 Å². The quantitative estimate of drug-likeness (QED) is 0.888. The van der Waals surface area contributed by atoms with Crippen LogP contribution in [-0.2, 0) is 21.3 Å². The minimum atomic E-state index is -3.24. The molecule has 0 radical (unpaired) electrons. The van der Waals surface area contributed by atoms with E-state index in [0.29, 0.717) is 13.0 Å². The molecule has 2 aromatic rings. The number of benzene rings is 1. The van der Waals surface area contributed by atoms with E-state index >= 15 is 0 Å². The molecule has 1 aliphatic rings. The first-order chi connectivity index (χ1) is 10.1. The van der Waals surface area contributed by atoms with Crippen LogP contribution in [0.4, 0.5) is 0 Å². The van der Waals surface area contributed by atoms with Gasteiger partial charge in [0.25, 0.3) is 0 Å². The van der Waals surface area contributed by atoms with Gasteiger partial charge in [-0.2, -0.15) is 0 Å². The van der Waals surface area contributed by atoms with Crippen LogP contribution in [-0.4, -0.2) is 26.9 Å². The molecule has 0 aliphatic carbocycles. The molecular weight excluding hydrogens is 306 g/mol. The van der Waals surface area contributed by atoms with E-state index in [0.717, 1.165) is 30.4 Å². The van der Waals surface area contributed by atoms with Crippen LogP contribution in [0.25, 0.3) is 10.1 Å². The minimum absolute atomic E-state index is 0.114. The minimum Gasteiger partial charge on any atom is -0.378 e. The van der Waals surface area contributed by atoms with Crippen molar-refractivity contribution in [1.82, 2.24) is 4.72 Å². The first-order valence-electron chi connectivity index (χ1n) is 7.18. The predicted molar refractivity (Wildman–Crippen MR) is 86.0 cm³/mol. The van der Waals surface area contributed by atoms with Crippen LogP contribution in [0.1, 0.15) is 24.8 Å². The summed E-state index contributed by atoms with van der Waals surface area (Å²) in [5.74, 6) is 0.139. The number of ether oxygens (including phenoxy) is 1. The summed E-state index contributed by atoms with van der Waals surface area (Å²) in [6.45, 7) is 1.12. The van der Waals surface area contributed by atoms with Gasteiger partial charge in [0.2, 0.25) is 10.0 Å². The molecule has 21 heavy (non-hydrogen) atoms. The Morgan fingerprint density at radius 2 is 2.19 bits per heavy atom. The molecule has 4 nitrogen and oxygen atoms in total. The molecule has 3 rings (SSSR count). The summed E-state index contributed by atoms with van der Waals surface area (Å²) < 4.78 is 33.5. The lowest BCUT2D eigenvalue weighted by atomic mass is 10.2. The fourth-order valence-corrected chi connectivity index (χ4v) is 4.64. The lowest BCUT2D eigenvalue weighted by molar-refractivity contribution is 0.109. The molecule has 2 heterocycles. The zero-order valence-electron chi connectivity index (χ0n) is 11.7. The Morgan fingerprint density at radius 3 is 3.00 bits per heavy atom. The first-order valence-corrected chi connectivity index (χ1v) is 9.71. The summed E-state index contributed by atoms with van der Waals surface area (Å²) in [5, 5.41) is 3.15. The van der Waals surface area contributed by atoms with Gasteiger partial charge >= 0.3 is 0 Å². The van der Waals surface area contributed by atoms with Crippen LogP contribution < -0.4 is 4.72 Å². The maximum atomic E-state index is 12.1. The molecule has 0 unspecified atom stereocenters. The number of thiophene rings is 1. The highest BCUT2D eigenvalue weighted by atomic mass is 32.2. The van der Waals surface area contributed by atoms with Crippen LogP contribution in [0.15, 0.2) is 29.6 Å². The summed E-state index contributed by atoms with van der Waals surface area (Å²) in [6.07, 6.45) is 2.72. The highest BCUT2D eigenvalue weighted by Crippen LogP contribution is 2.25. The van der Waals surface area contributed by atoms with E-state index in [2.05, 4.69) is 10.8 Å². The van der Waals surface area contributed by atoms with Crippen molar-refractivity contribution in [2.75, 3.05) is 12.4 Å². The third kappa shape index (κ3) is 3.83. The molecule has 6 heteroatoms. The van der Waals surface area contributed by atoms with Gasteiger partial charge in [-0.25, -0.2) is 13.1 Å². The Hall–Kier alpha value is -0.950. The Labute approximate surface area is 129 Å². The van der Waals surface area contributed by atoms with Crippen LogP contribution in [0.2, 0.25) is 0 Å². The Kier molecular flexibility index (Phi) is 4.59. The van der Waals surface area contributed by atoms with Crippen molar-refractivity contribution in [3.05, 3.63) is 35.2 Å². The molecule has 114 valence electrons. The fourth-order valence-electron chi connectivity index (χ4n) is 2.59. The van der Waals surface area contributed by atoms with Gasteiger partial charge in [0.15, 0.2) is 0 Å². The van der Waals surface area contributed by atoms with E-state index in [1.165, 1.54) is 4.70 Å². The SMILES string of the molecule is O=S(=O)(CC[C@H]1CCCO1)NCc1csc2ccccc12. The number of rotatable bonds is 6. The van der Waals surface area contributed by atoms with Gasteiger partial charge in [-0.15, -0.1) is 11.3 Å². The summed E-state index contributed by atoms with van der Waals surface area (Å²) in [4.78, 5) is 0. The lowest BCUT2D eigenvalue weighted by Gasteiger charge is -2.10. The van der Waals surface area contributed by atoms with Crippen LogP contribution in [0, 0.1) is 0 Å². The van der Waals surface area contributed by atoms with E-state index in [1.807, 2.05) is 23.6 Å². The highest BCUT2D eigenvalue weighted by molar-refractivity contribution is 7.89. The molecule has 1 aliphatic heterocycles. The number of nitrogens with one attached hydrogen (secondary N) is 1. The van der Waals surface area contributed by atoms with E-state index in [9.17, 15) is 8.42 Å². The number of hydrogen-bond acceptors (Lipinski definition) is 4. The molecule has 0 saturated carbocycles. The van der Waals surface area contributed by atoms with Gasteiger partial charge in [0.05, 0.1) is 11.9 Å². The Bertz CT molecular complexity index is 703. The number of sulfonamides is 1. The zero-order chi connectivity index (χ0) is 14.7. The third-order valence-corrected chi connectivity index (χ3v) is 6.15. The third-order valence-electron chi connectivity index (χ3n) is 3.78. The molecule has 1 aromatic carbocycles. The van der Waals surface area contributed by atoms with E-state index < -0.39 is 10.0 Å². The number of hydrogen-bond donors (Lipinski definition) is 1. The molecule has 1 saturated heterocycles. The average molecular weight is 325 g/mol. The van der Waals surface area contributed by atoms with Crippen molar-refractivity contribution >= 4 is 31.4 Å². The van der Waals surface area contributed by atoms with Crippen molar-refractivity contribution in [1.29, 1.82) is 0 Å². The van der Waals surface area contributed by atoms with Gasteiger partial charge < -0.3 is 4.74 Å². The van der Waals surface area contributed by atoms with Crippen molar-refractivity contribution in [3.63, 3.8) is 0 Å². The van der Waals surface area contributed by atoms with E-state index in [-0.39, 0.29) is 11.9 Å². The van der Waals surface area contributed by atoms with Crippen molar-refractivity contribution < 1.29 is 13.2 Å². The van der Waals surface area contributed by atoms with Gasteiger partial charge in [-0.05, 0) is 41.7 Å². The summed E-state index contributed by atoms with van der Waals surface area (Å²) in [6, 6.07) is 8.05. The molecule has 1 atom stereocenters. The summed E-state index contributed by atoms with van der Waals surface area (Å²) in [7, 11) is -3.24.